The number of hydrogen-bond acceptors (Lipinski definition) is 5. The summed E-state index contributed by atoms with van der Waals surface area (Å²) in [6.45, 7) is 5.68. The van der Waals surface area contributed by atoms with Gasteiger partial charge in [0.05, 0.1) is 5.69 Å². The fourth-order valence-electron chi connectivity index (χ4n) is 2.55. The van der Waals surface area contributed by atoms with Gasteiger partial charge >= 0.3 is 0 Å². The normalized spacial score (nSPS) is 21.0. The molecule has 2 rings (SSSR count). The molecule has 2 unspecified atom stereocenters. The van der Waals surface area contributed by atoms with Gasteiger partial charge in [0.15, 0.2) is 0 Å². The zero-order chi connectivity index (χ0) is 15.8. The number of carbonyl (C=O) groups is 1. The zero-order valence-electron chi connectivity index (χ0n) is 12.7. The van der Waals surface area contributed by atoms with Gasteiger partial charge < -0.3 is 9.42 Å². The van der Waals surface area contributed by atoms with Crippen LogP contribution >= 0.6 is 0 Å². The second kappa shape index (κ2) is 5.76. The molecule has 1 aromatic rings. The second-order valence-corrected chi connectivity index (χ2v) is 7.66. The summed E-state index contributed by atoms with van der Waals surface area (Å²) in [6.07, 6.45) is 0.556. The monoisotopic (exact) mass is 315 g/mol. The lowest BCUT2D eigenvalue weighted by Crippen LogP contribution is -2.41. The van der Waals surface area contributed by atoms with Gasteiger partial charge in [0, 0.05) is 31.6 Å². The standard InChI is InChI=1S/C13H21N3O4S/c1-8(5-12-9(2)14-20-10(12)3)15-21(18,19)11-6-13(17)16(4)7-11/h8,11,15H,5-7H2,1-4H3. The second-order valence-electron chi connectivity index (χ2n) is 5.67. The van der Waals surface area contributed by atoms with Crippen LogP contribution in [-0.2, 0) is 21.2 Å². The van der Waals surface area contributed by atoms with Crippen molar-refractivity contribution in [2.24, 2.45) is 0 Å². The van der Waals surface area contributed by atoms with Gasteiger partial charge in [-0.15, -0.1) is 0 Å². The van der Waals surface area contributed by atoms with Gasteiger partial charge in [-0.25, -0.2) is 13.1 Å². The SMILES string of the molecule is Cc1noc(C)c1CC(C)NS(=O)(=O)C1CC(=O)N(C)C1. The first kappa shape index (κ1) is 16.0. The van der Waals surface area contributed by atoms with E-state index >= 15 is 0 Å². The van der Waals surface area contributed by atoms with Gasteiger partial charge in [0.25, 0.3) is 0 Å². The number of amides is 1. The molecule has 8 heteroatoms. The number of likely N-dealkylation sites (tertiary alicyclic amines) is 1. The topological polar surface area (TPSA) is 92.5 Å². The number of rotatable bonds is 5. The number of carbonyl (C=O) groups excluding carboxylic acids is 1. The highest BCUT2D eigenvalue weighted by Crippen LogP contribution is 2.18. The maximum absolute atomic E-state index is 12.3. The summed E-state index contributed by atoms with van der Waals surface area (Å²) in [7, 11) is -1.90. The van der Waals surface area contributed by atoms with Gasteiger partial charge in [-0.2, -0.15) is 0 Å². The Labute approximate surface area is 124 Å². The Morgan fingerprint density at radius 2 is 2.14 bits per heavy atom. The van der Waals surface area contributed by atoms with E-state index < -0.39 is 15.3 Å². The van der Waals surface area contributed by atoms with E-state index in [1.54, 1.807) is 20.9 Å². The van der Waals surface area contributed by atoms with Crippen molar-refractivity contribution >= 4 is 15.9 Å². The molecule has 2 heterocycles. The summed E-state index contributed by atoms with van der Waals surface area (Å²) in [5, 5.41) is 3.18. The molecule has 2 atom stereocenters. The molecule has 1 N–H and O–H groups in total. The van der Waals surface area contributed by atoms with E-state index in [9.17, 15) is 13.2 Å². The van der Waals surface area contributed by atoms with Gasteiger partial charge in [-0.05, 0) is 27.2 Å². The predicted molar refractivity (Wildman–Crippen MR) is 77.2 cm³/mol. The van der Waals surface area contributed by atoms with E-state index in [0.717, 1.165) is 11.3 Å². The van der Waals surface area contributed by atoms with E-state index in [1.165, 1.54) is 4.90 Å². The van der Waals surface area contributed by atoms with E-state index in [1.807, 2.05) is 6.92 Å². The fourth-order valence-corrected chi connectivity index (χ4v) is 4.17. The van der Waals surface area contributed by atoms with E-state index in [0.29, 0.717) is 12.2 Å². The lowest BCUT2D eigenvalue weighted by Gasteiger charge is -2.17. The van der Waals surface area contributed by atoms with Crippen molar-refractivity contribution < 1.29 is 17.7 Å². The molecule has 118 valence electrons. The van der Waals surface area contributed by atoms with Crippen LogP contribution in [0, 0.1) is 13.8 Å². The third-order valence-corrected chi connectivity index (χ3v) is 5.73. The number of aryl methyl sites for hydroxylation is 2. The Kier molecular flexibility index (Phi) is 4.38. The average Bonchev–Trinajstić information content (AvgIpc) is 2.87. The third kappa shape index (κ3) is 3.44. The van der Waals surface area contributed by atoms with Crippen LogP contribution in [0.5, 0.6) is 0 Å². The van der Waals surface area contributed by atoms with Crippen LogP contribution in [0.1, 0.15) is 30.4 Å². The molecule has 0 bridgehead atoms. The Morgan fingerprint density at radius 3 is 2.62 bits per heavy atom. The number of nitrogens with zero attached hydrogens (tertiary/aromatic N) is 2. The highest BCUT2D eigenvalue weighted by Gasteiger charge is 2.37. The van der Waals surface area contributed by atoms with Crippen LogP contribution in [-0.4, -0.2) is 49.3 Å². The minimum Gasteiger partial charge on any atom is -0.361 e. The van der Waals surface area contributed by atoms with Crippen molar-refractivity contribution in [2.45, 2.75) is 44.9 Å². The van der Waals surface area contributed by atoms with E-state index in [2.05, 4.69) is 9.88 Å². The minimum atomic E-state index is -3.52. The Hall–Kier alpha value is -1.41. The number of aromatic nitrogens is 1. The van der Waals surface area contributed by atoms with Crippen LogP contribution < -0.4 is 4.72 Å². The van der Waals surface area contributed by atoms with Crippen LogP contribution in [0.25, 0.3) is 0 Å². The Morgan fingerprint density at radius 1 is 1.48 bits per heavy atom. The molecule has 0 aliphatic carbocycles. The summed E-state index contributed by atoms with van der Waals surface area (Å²) in [5.74, 6) is 0.568. The van der Waals surface area contributed by atoms with Crippen molar-refractivity contribution in [3.8, 4) is 0 Å². The highest BCUT2D eigenvalue weighted by atomic mass is 32.2. The lowest BCUT2D eigenvalue weighted by atomic mass is 10.1. The lowest BCUT2D eigenvalue weighted by molar-refractivity contribution is -0.126. The third-order valence-electron chi connectivity index (χ3n) is 3.80. The number of nitrogens with one attached hydrogen (secondary N) is 1. The first-order valence-corrected chi connectivity index (χ1v) is 8.42. The summed E-state index contributed by atoms with van der Waals surface area (Å²) >= 11 is 0. The van der Waals surface area contributed by atoms with Crippen molar-refractivity contribution in [1.29, 1.82) is 0 Å². The zero-order valence-corrected chi connectivity index (χ0v) is 13.5. The maximum Gasteiger partial charge on any atom is 0.223 e. The molecule has 1 amide bonds. The average molecular weight is 315 g/mol. The van der Waals surface area contributed by atoms with Crippen LogP contribution in [0.15, 0.2) is 4.52 Å². The first-order chi connectivity index (χ1) is 9.70. The Bertz CT molecular complexity index is 618. The Balaban J connectivity index is 2.02. The van der Waals surface area contributed by atoms with Gasteiger partial charge in [0.2, 0.25) is 15.9 Å². The first-order valence-electron chi connectivity index (χ1n) is 6.87. The molecule has 1 aliphatic rings. The van der Waals surface area contributed by atoms with Gasteiger partial charge in [0.1, 0.15) is 11.0 Å². The van der Waals surface area contributed by atoms with Crippen molar-refractivity contribution in [3.05, 3.63) is 17.0 Å². The molecule has 1 aromatic heterocycles. The molecular formula is C13H21N3O4S. The molecule has 0 saturated carbocycles. The van der Waals surface area contributed by atoms with Crippen molar-refractivity contribution in [3.63, 3.8) is 0 Å². The summed E-state index contributed by atoms with van der Waals surface area (Å²) in [4.78, 5) is 12.9. The highest BCUT2D eigenvalue weighted by molar-refractivity contribution is 7.90. The number of sulfonamides is 1. The molecule has 1 saturated heterocycles. The molecule has 0 radical (unpaired) electrons. The largest absolute Gasteiger partial charge is 0.361 e. The molecule has 21 heavy (non-hydrogen) atoms. The molecule has 7 nitrogen and oxygen atoms in total. The molecule has 0 aromatic carbocycles. The van der Waals surface area contributed by atoms with Crippen molar-refractivity contribution in [1.82, 2.24) is 14.8 Å². The summed E-state index contributed by atoms with van der Waals surface area (Å²) < 4.78 is 32.3. The molecular weight excluding hydrogens is 294 g/mol. The van der Waals surface area contributed by atoms with Gasteiger partial charge in [-0.3, -0.25) is 4.79 Å². The number of hydrogen-bond donors (Lipinski definition) is 1. The maximum atomic E-state index is 12.3. The van der Waals surface area contributed by atoms with Crippen LogP contribution in [0.3, 0.4) is 0 Å². The summed E-state index contributed by atoms with van der Waals surface area (Å²) in [5.41, 5.74) is 1.69. The minimum absolute atomic E-state index is 0.0455. The van der Waals surface area contributed by atoms with Crippen LogP contribution in [0.4, 0.5) is 0 Å². The van der Waals surface area contributed by atoms with Gasteiger partial charge in [-0.1, -0.05) is 5.16 Å². The van der Waals surface area contributed by atoms with E-state index in [-0.39, 0.29) is 24.9 Å². The van der Waals surface area contributed by atoms with E-state index in [4.69, 9.17) is 4.52 Å². The molecule has 0 spiro atoms. The van der Waals surface area contributed by atoms with Crippen LogP contribution in [0.2, 0.25) is 0 Å². The molecule has 1 fully saturated rings. The smallest absolute Gasteiger partial charge is 0.223 e. The quantitative estimate of drug-likeness (QED) is 0.847. The fraction of sp³-hybridized carbons (Fsp3) is 0.692. The predicted octanol–water partition coefficient (Wildman–Crippen LogP) is 0.373. The molecule has 1 aliphatic heterocycles. The summed E-state index contributed by atoms with van der Waals surface area (Å²) in [6, 6.07) is -0.284. The van der Waals surface area contributed by atoms with Crippen molar-refractivity contribution in [2.75, 3.05) is 13.6 Å².